The number of ether oxygens (including phenoxy) is 1. The van der Waals surface area contributed by atoms with E-state index >= 15 is 0 Å². The summed E-state index contributed by atoms with van der Waals surface area (Å²) >= 11 is 5.79. The first-order valence-corrected chi connectivity index (χ1v) is 7.75. The SMILES string of the molecule is Cc1ccc2c(c1)CC(CNCCCC(C)CCl)O2. The topological polar surface area (TPSA) is 21.3 Å². The van der Waals surface area contributed by atoms with Crippen molar-refractivity contribution in [1.82, 2.24) is 5.32 Å². The van der Waals surface area contributed by atoms with Crippen LogP contribution < -0.4 is 10.1 Å². The summed E-state index contributed by atoms with van der Waals surface area (Å²) in [5, 5.41) is 3.49. The number of benzene rings is 1. The summed E-state index contributed by atoms with van der Waals surface area (Å²) in [7, 11) is 0. The van der Waals surface area contributed by atoms with E-state index in [9.17, 15) is 0 Å². The van der Waals surface area contributed by atoms with Gasteiger partial charge in [0.1, 0.15) is 11.9 Å². The Kier molecular flexibility index (Phi) is 5.53. The Morgan fingerprint density at radius 2 is 2.32 bits per heavy atom. The van der Waals surface area contributed by atoms with E-state index in [1.54, 1.807) is 0 Å². The molecule has 1 aromatic carbocycles. The maximum Gasteiger partial charge on any atom is 0.123 e. The zero-order chi connectivity index (χ0) is 13.7. The van der Waals surface area contributed by atoms with Gasteiger partial charge in [-0.3, -0.25) is 0 Å². The number of hydrogen-bond donors (Lipinski definition) is 1. The maximum absolute atomic E-state index is 5.93. The molecule has 1 heterocycles. The predicted molar refractivity (Wildman–Crippen MR) is 81.3 cm³/mol. The predicted octanol–water partition coefficient (Wildman–Crippen LogP) is 3.54. The second kappa shape index (κ2) is 7.16. The van der Waals surface area contributed by atoms with E-state index in [1.165, 1.54) is 24.0 Å². The minimum Gasteiger partial charge on any atom is -0.488 e. The van der Waals surface area contributed by atoms with Crippen molar-refractivity contribution in [3.63, 3.8) is 0 Å². The minimum atomic E-state index is 0.294. The highest BCUT2D eigenvalue weighted by molar-refractivity contribution is 6.18. The number of halogens is 1. The average molecular weight is 282 g/mol. The highest BCUT2D eigenvalue weighted by Gasteiger charge is 2.22. The quantitative estimate of drug-likeness (QED) is 0.610. The zero-order valence-corrected chi connectivity index (χ0v) is 12.7. The van der Waals surface area contributed by atoms with Crippen molar-refractivity contribution in [3.05, 3.63) is 29.3 Å². The molecular formula is C16H24ClNO. The molecule has 0 amide bonds. The van der Waals surface area contributed by atoms with Crippen molar-refractivity contribution in [2.75, 3.05) is 19.0 Å². The van der Waals surface area contributed by atoms with E-state index in [0.717, 1.165) is 31.1 Å². The molecule has 0 aliphatic carbocycles. The van der Waals surface area contributed by atoms with Crippen molar-refractivity contribution in [3.8, 4) is 5.75 Å². The van der Waals surface area contributed by atoms with E-state index in [4.69, 9.17) is 16.3 Å². The van der Waals surface area contributed by atoms with E-state index in [-0.39, 0.29) is 0 Å². The van der Waals surface area contributed by atoms with Crippen molar-refractivity contribution in [2.45, 2.75) is 39.2 Å². The summed E-state index contributed by atoms with van der Waals surface area (Å²) in [5.74, 6) is 2.45. The monoisotopic (exact) mass is 281 g/mol. The van der Waals surface area contributed by atoms with Crippen LogP contribution in [-0.2, 0) is 6.42 Å². The summed E-state index contributed by atoms with van der Waals surface area (Å²) in [6.07, 6.45) is 3.71. The van der Waals surface area contributed by atoms with Crippen LogP contribution >= 0.6 is 11.6 Å². The Hall–Kier alpha value is -0.730. The molecule has 0 fully saturated rings. The number of fused-ring (bicyclic) bond motifs is 1. The Bertz CT molecular complexity index is 408. The summed E-state index contributed by atoms with van der Waals surface area (Å²) in [6, 6.07) is 6.44. The Morgan fingerprint density at radius 1 is 1.47 bits per heavy atom. The molecular weight excluding hydrogens is 258 g/mol. The molecule has 0 bridgehead atoms. The molecule has 106 valence electrons. The molecule has 0 radical (unpaired) electrons. The van der Waals surface area contributed by atoms with Gasteiger partial charge in [0.15, 0.2) is 0 Å². The van der Waals surface area contributed by atoms with Gasteiger partial charge in [-0.2, -0.15) is 0 Å². The highest BCUT2D eigenvalue weighted by Crippen LogP contribution is 2.29. The molecule has 0 aromatic heterocycles. The van der Waals surface area contributed by atoms with Crippen LogP contribution in [0.2, 0.25) is 0 Å². The summed E-state index contributed by atoms with van der Waals surface area (Å²) in [6.45, 7) is 6.31. The number of rotatable bonds is 7. The fraction of sp³-hybridized carbons (Fsp3) is 0.625. The number of nitrogens with one attached hydrogen (secondary N) is 1. The molecule has 0 spiro atoms. The van der Waals surface area contributed by atoms with Gasteiger partial charge in [0.2, 0.25) is 0 Å². The van der Waals surface area contributed by atoms with Gasteiger partial charge >= 0.3 is 0 Å². The molecule has 0 saturated carbocycles. The standard InChI is InChI=1S/C16H24ClNO/c1-12-5-6-16-14(8-12)9-15(19-16)11-18-7-3-4-13(2)10-17/h5-6,8,13,15,18H,3-4,7,9-11H2,1-2H3. The van der Waals surface area contributed by atoms with Gasteiger partial charge in [-0.1, -0.05) is 24.6 Å². The van der Waals surface area contributed by atoms with Gasteiger partial charge in [-0.25, -0.2) is 0 Å². The van der Waals surface area contributed by atoms with Crippen molar-refractivity contribution < 1.29 is 4.74 Å². The van der Waals surface area contributed by atoms with Gasteiger partial charge in [-0.15, -0.1) is 11.6 Å². The summed E-state index contributed by atoms with van der Waals surface area (Å²) < 4.78 is 5.93. The van der Waals surface area contributed by atoms with Crippen LogP contribution in [0.4, 0.5) is 0 Å². The smallest absolute Gasteiger partial charge is 0.123 e. The van der Waals surface area contributed by atoms with Crippen LogP contribution in [0.25, 0.3) is 0 Å². The van der Waals surface area contributed by atoms with Crippen LogP contribution in [0.15, 0.2) is 18.2 Å². The minimum absolute atomic E-state index is 0.294. The molecule has 3 heteroatoms. The van der Waals surface area contributed by atoms with E-state index < -0.39 is 0 Å². The normalized spacial score (nSPS) is 19.0. The molecule has 1 aliphatic heterocycles. The number of hydrogen-bond acceptors (Lipinski definition) is 2. The van der Waals surface area contributed by atoms with Gasteiger partial charge in [0.25, 0.3) is 0 Å². The van der Waals surface area contributed by atoms with E-state index in [2.05, 4.69) is 37.4 Å². The van der Waals surface area contributed by atoms with Gasteiger partial charge in [0, 0.05) is 18.8 Å². The van der Waals surface area contributed by atoms with Crippen LogP contribution in [-0.4, -0.2) is 25.1 Å². The Morgan fingerprint density at radius 3 is 3.11 bits per heavy atom. The van der Waals surface area contributed by atoms with Crippen molar-refractivity contribution in [2.24, 2.45) is 5.92 Å². The second-order valence-electron chi connectivity index (χ2n) is 5.66. The molecule has 19 heavy (non-hydrogen) atoms. The van der Waals surface area contributed by atoms with Crippen LogP contribution in [0.1, 0.15) is 30.9 Å². The maximum atomic E-state index is 5.93. The molecule has 2 nitrogen and oxygen atoms in total. The Balaban J connectivity index is 1.64. The fourth-order valence-electron chi connectivity index (χ4n) is 2.48. The molecule has 1 aromatic rings. The van der Waals surface area contributed by atoms with Gasteiger partial charge < -0.3 is 10.1 Å². The molecule has 2 unspecified atom stereocenters. The van der Waals surface area contributed by atoms with Gasteiger partial charge in [-0.05, 0) is 43.9 Å². The van der Waals surface area contributed by atoms with Gasteiger partial charge in [0.05, 0.1) is 0 Å². The molecule has 2 rings (SSSR count). The third-order valence-electron chi connectivity index (χ3n) is 3.64. The lowest BCUT2D eigenvalue weighted by atomic mass is 10.1. The lowest BCUT2D eigenvalue weighted by molar-refractivity contribution is 0.227. The molecule has 1 N–H and O–H groups in total. The Labute approximate surface area is 121 Å². The fourth-order valence-corrected chi connectivity index (χ4v) is 2.63. The first-order chi connectivity index (χ1) is 9.19. The third kappa shape index (κ3) is 4.39. The third-order valence-corrected chi connectivity index (χ3v) is 4.17. The highest BCUT2D eigenvalue weighted by atomic mass is 35.5. The van der Waals surface area contributed by atoms with E-state index in [0.29, 0.717) is 12.0 Å². The van der Waals surface area contributed by atoms with Crippen LogP contribution in [0.3, 0.4) is 0 Å². The molecule has 1 aliphatic rings. The van der Waals surface area contributed by atoms with Crippen LogP contribution in [0.5, 0.6) is 5.75 Å². The van der Waals surface area contributed by atoms with Crippen molar-refractivity contribution in [1.29, 1.82) is 0 Å². The summed E-state index contributed by atoms with van der Waals surface area (Å²) in [4.78, 5) is 0. The van der Waals surface area contributed by atoms with E-state index in [1.807, 2.05) is 0 Å². The molecule has 0 saturated heterocycles. The largest absolute Gasteiger partial charge is 0.488 e. The molecule has 2 atom stereocenters. The van der Waals surface area contributed by atoms with Crippen molar-refractivity contribution >= 4 is 11.6 Å². The lowest BCUT2D eigenvalue weighted by Gasteiger charge is -2.12. The second-order valence-corrected chi connectivity index (χ2v) is 5.97. The zero-order valence-electron chi connectivity index (χ0n) is 11.9. The number of aryl methyl sites for hydroxylation is 1. The average Bonchev–Trinajstić information content (AvgIpc) is 2.79. The lowest BCUT2D eigenvalue weighted by Crippen LogP contribution is -2.30. The van der Waals surface area contributed by atoms with Crippen LogP contribution in [0, 0.1) is 12.8 Å². The summed E-state index contributed by atoms with van der Waals surface area (Å²) in [5.41, 5.74) is 2.66. The first kappa shape index (κ1) is 14.7. The number of alkyl halides is 1. The first-order valence-electron chi connectivity index (χ1n) is 7.22.